The number of halogens is 3. The summed E-state index contributed by atoms with van der Waals surface area (Å²) in [6.07, 6.45) is 0.896. The van der Waals surface area contributed by atoms with Crippen LogP contribution in [0.1, 0.15) is 27.1 Å². The van der Waals surface area contributed by atoms with Gasteiger partial charge in [0.2, 0.25) is 0 Å². The number of imide groups is 1. The summed E-state index contributed by atoms with van der Waals surface area (Å²) in [4.78, 5) is 23.8. The molecule has 1 aromatic carbocycles. The molecule has 0 aromatic heterocycles. The van der Waals surface area contributed by atoms with E-state index in [0.29, 0.717) is 17.7 Å². The number of hydrogen-bond acceptors (Lipinski definition) is 5. The van der Waals surface area contributed by atoms with Gasteiger partial charge >= 0.3 is 0 Å². The van der Waals surface area contributed by atoms with Crippen LogP contribution in [0.15, 0.2) is 24.3 Å². The summed E-state index contributed by atoms with van der Waals surface area (Å²) in [5.41, 5.74) is 1.01. The minimum absolute atomic E-state index is 0.212. The van der Waals surface area contributed by atoms with Crippen molar-refractivity contribution in [2.45, 2.75) is 12.1 Å². The minimum atomic E-state index is -0.333. The van der Waals surface area contributed by atoms with Crippen LogP contribution in [0, 0.1) is 0 Å². The Labute approximate surface area is 187 Å². The quantitative estimate of drug-likeness (QED) is 0.238. The van der Waals surface area contributed by atoms with E-state index < -0.39 is 0 Å². The first-order valence-corrected chi connectivity index (χ1v) is 11.3. The molecule has 0 bridgehead atoms. The average molecular weight is 685 g/mol. The Kier molecular flexibility index (Phi) is 8.78. The Morgan fingerprint density at radius 3 is 1.88 bits per heavy atom. The van der Waals surface area contributed by atoms with Crippen LogP contribution in [0.2, 0.25) is 0 Å². The Morgan fingerprint density at radius 2 is 1.48 bits per heavy atom. The number of amides is 2. The zero-order chi connectivity index (χ0) is 18.4. The third-order valence-electron chi connectivity index (χ3n) is 3.76. The summed E-state index contributed by atoms with van der Waals surface area (Å²) in [7, 11) is 1.49. The second-order valence-electron chi connectivity index (χ2n) is 5.37. The van der Waals surface area contributed by atoms with Crippen LogP contribution in [0.4, 0.5) is 0 Å². The van der Waals surface area contributed by atoms with Crippen molar-refractivity contribution in [2.24, 2.45) is 0 Å². The number of benzene rings is 1. The van der Waals surface area contributed by atoms with Crippen molar-refractivity contribution in [2.75, 3.05) is 33.5 Å². The van der Waals surface area contributed by atoms with Gasteiger partial charge in [-0.25, -0.2) is 0 Å². The molecule has 0 radical (unpaired) electrons. The summed E-state index contributed by atoms with van der Waals surface area (Å²) in [5.74, 6) is -0.758. The molecule has 138 valence electrons. The van der Waals surface area contributed by atoms with Gasteiger partial charge in [-0.2, -0.15) is 0 Å². The summed E-state index contributed by atoms with van der Waals surface area (Å²) in [5, 5.41) is 0. The van der Waals surface area contributed by atoms with E-state index in [-0.39, 0.29) is 17.6 Å². The van der Waals surface area contributed by atoms with Crippen LogP contribution in [0.25, 0.3) is 0 Å². The van der Waals surface area contributed by atoms with Gasteiger partial charge in [0.25, 0.3) is 11.8 Å². The molecule has 1 spiro atoms. The highest BCUT2D eigenvalue weighted by atomic mass is 127. The maximum Gasteiger partial charge on any atom is 0.261 e. The standard InChI is InChI=1S/C9H7NO2.C6H10O3.CHI3/c1-10-8(11)6-4-2-3-5-7(6)9(10)12;1-2-7-5-6(1)8-3-4-9-6;2-1(3)4/h2-5H,1H3;1-5H2;1H. The van der Waals surface area contributed by atoms with E-state index >= 15 is 0 Å². The molecule has 0 aliphatic carbocycles. The van der Waals surface area contributed by atoms with E-state index in [1.807, 2.05) is 0 Å². The van der Waals surface area contributed by atoms with Crippen LogP contribution in [-0.2, 0) is 14.2 Å². The normalized spacial score (nSPS) is 20.3. The largest absolute Gasteiger partial charge is 0.376 e. The van der Waals surface area contributed by atoms with Gasteiger partial charge in [0.15, 0.2) is 5.79 Å². The number of hydrogen-bond donors (Lipinski definition) is 0. The van der Waals surface area contributed by atoms with Crippen LogP contribution in [0.5, 0.6) is 0 Å². The fourth-order valence-corrected chi connectivity index (χ4v) is 2.56. The van der Waals surface area contributed by atoms with E-state index in [1.54, 1.807) is 24.3 Å². The molecule has 2 fully saturated rings. The molecule has 0 saturated carbocycles. The first-order valence-electron chi connectivity index (χ1n) is 7.55. The molecule has 9 heteroatoms. The molecule has 3 aliphatic rings. The fraction of sp³-hybridized carbons (Fsp3) is 0.500. The molecule has 0 unspecified atom stereocenters. The molecule has 1 aromatic rings. The number of nitrogens with zero attached hydrogens (tertiary/aromatic N) is 1. The monoisotopic (exact) mass is 685 g/mol. The van der Waals surface area contributed by atoms with Crippen molar-refractivity contribution in [3.05, 3.63) is 35.4 Å². The maximum atomic E-state index is 11.3. The molecular weight excluding hydrogens is 667 g/mol. The second-order valence-corrected chi connectivity index (χ2v) is 16.3. The van der Waals surface area contributed by atoms with E-state index in [9.17, 15) is 9.59 Å². The van der Waals surface area contributed by atoms with Crippen LogP contribution in [-0.4, -0.2) is 55.9 Å². The first kappa shape index (κ1) is 21.7. The highest BCUT2D eigenvalue weighted by molar-refractivity contribution is 14.3. The highest BCUT2D eigenvalue weighted by Crippen LogP contribution is 2.28. The van der Waals surface area contributed by atoms with Crippen molar-refractivity contribution in [3.63, 3.8) is 0 Å². The number of carbonyl (C=O) groups is 2. The lowest BCUT2D eigenvalue weighted by Gasteiger charge is -2.17. The molecule has 2 saturated heterocycles. The van der Waals surface area contributed by atoms with E-state index in [4.69, 9.17) is 14.2 Å². The van der Waals surface area contributed by atoms with E-state index in [1.165, 1.54) is 7.05 Å². The Hall–Kier alpha value is 0.430. The topological polar surface area (TPSA) is 65.1 Å². The number of carbonyl (C=O) groups excluding carboxylic acids is 2. The summed E-state index contributed by atoms with van der Waals surface area (Å²) in [6.45, 7) is 2.85. The van der Waals surface area contributed by atoms with Crippen LogP contribution < -0.4 is 0 Å². The van der Waals surface area contributed by atoms with Gasteiger partial charge in [0.1, 0.15) is 6.54 Å². The summed E-state index contributed by atoms with van der Waals surface area (Å²) >= 11 is 6.95. The van der Waals surface area contributed by atoms with E-state index in [0.717, 1.165) is 31.1 Å². The zero-order valence-electron chi connectivity index (χ0n) is 13.5. The third kappa shape index (κ3) is 5.96. The smallest absolute Gasteiger partial charge is 0.261 e. The Bertz CT molecular complexity index is 558. The molecule has 2 amide bonds. The zero-order valence-corrected chi connectivity index (χ0v) is 20.0. The number of rotatable bonds is 0. The van der Waals surface area contributed by atoms with Crippen molar-refractivity contribution in [1.82, 2.24) is 4.90 Å². The predicted molar refractivity (Wildman–Crippen MR) is 119 cm³/mol. The van der Waals surface area contributed by atoms with Crippen molar-refractivity contribution in [3.8, 4) is 0 Å². The maximum absolute atomic E-state index is 11.3. The molecule has 3 aliphatic heterocycles. The van der Waals surface area contributed by atoms with Gasteiger partial charge in [-0.15, -0.1) is 0 Å². The van der Waals surface area contributed by atoms with Gasteiger partial charge in [-0.3, -0.25) is 14.5 Å². The van der Waals surface area contributed by atoms with E-state index in [2.05, 4.69) is 67.8 Å². The molecule has 0 N–H and O–H groups in total. The Balaban J connectivity index is 0.000000153. The predicted octanol–water partition coefficient (Wildman–Crippen LogP) is 3.64. The molecule has 3 heterocycles. The number of ether oxygens (including phenoxy) is 3. The SMILES string of the molecule is C1CC2(CO1)OCCO2.CN1C(=O)c2ccccc2C1=O.IC(I)I. The van der Waals surface area contributed by atoms with Gasteiger partial charge in [0.05, 0.1) is 30.9 Å². The van der Waals surface area contributed by atoms with Crippen molar-refractivity contribution < 1.29 is 23.8 Å². The molecular formula is C16H18I3NO5. The van der Waals surface area contributed by atoms with Crippen molar-refractivity contribution in [1.29, 1.82) is 0 Å². The molecule has 0 atom stereocenters. The van der Waals surface area contributed by atoms with Crippen LogP contribution in [0.3, 0.4) is 0 Å². The van der Waals surface area contributed by atoms with Gasteiger partial charge in [-0.05, 0) is 12.1 Å². The fourth-order valence-electron chi connectivity index (χ4n) is 2.56. The lowest BCUT2D eigenvalue weighted by atomic mass is 10.1. The van der Waals surface area contributed by atoms with Crippen LogP contribution >= 0.6 is 67.8 Å². The van der Waals surface area contributed by atoms with Gasteiger partial charge < -0.3 is 14.2 Å². The lowest BCUT2D eigenvalue weighted by Crippen LogP contribution is -2.29. The summed E-state index contributed by atoms with van der Waals surface area (Å²) in [6, 6.07) is 6.84. The van der Waals surface area contributed by atoms with Gasteiger partial charge in [0, 0.05) is 13.5 Å². The number of alkyl halides is 3. The van der Waals surface area contributed by atoms with Crippen molar-refractivity contribution >= 4 is 79.6 Å². The highest BCUT2D eigenvalue weighted by Gasteiger charge is 2.40. The molecule has 4 rings (SSSR count). The third-order valence-corrected chi connectivity index (χ3v) is 3.76. The minimum Gasteiger partial charge on any atom is -0.376 e. The average Bonchev–Trinajstić information content (AvgIpc) is 3.29. The second kappa shape index (κ2) is 10.1. The lowest BCUT2D eigenvalue weighted by molar-refractivity contribution is -0.153. The summed E-state index contributed by atoms with van der Waals surface area (Å²) < 4.78 is 16.6. The Morgan fingerprint density at radius 1 is 1.00 bits per heavy atom. The molecule has 6 nitrogen and oxygen atoms in total. The molecule has 25 heavy (non-hydrogen) atoms. The first-order chi connectivity index (χ1) is 11.9. The van der Waals surface area contributed by atoms with Gasteiger partial charge in [-0.1, -0.05) is 79.9 Å². The number of fused-ring (bicyclic) bond motifs is 1.